The van der Waals surface area contributed by atoms with E-state index in [1.165, 1.54) is 22.3 Å². The Morgan fingerprint density at radius 3 is 2.07 bits per heavy atom. The molecule has 0 heterocycles. The van der Waals surface area contributed by atoms with Crippen LogP contribution in [-0.4, -0.2) is 34.6 Å². The summed E-state index contributed by atoms with van der Waals surface area (Å²) in [5, 5.41) is 2.93. The van der Waals surface area contributed by atoms with Crippen LogP contribution in [0, 0.1) is 20.8 Å². The molecule has 0 aliphatic rings. The summed E-state index contributed by atoms with van der Waals surface area (Å²) in [6.45, 7) is 12.3. The molecule has 0 radical (unpaired) electrons. The van der Waals surface area contributed by atoms with Crippen molar-refractivity contribution in [3.8, 4) is 0 Å². The first-order valence-electron chi connectivity index (χ1n) is 10.5. The number of thioether (sulfide) groups is 1. The number of nitrogens with one attached hydrogen (secondary N) is 1. The van der Waals surface area contributed by atoms with Gasteiger partial charge in [0.05, 0.1) is 5.75 Å². The van der Waals surface area contributed by atoms with Crippen LogP contribution in [0.15, 0.2) is 42.5 Å². The molecule has 162 valence electrons. The highest BCUT2D eigenvalue weighted by atomic mass is 32.2. The SMILES string of the molecule is Cc1ccc(CN(C(=O)CSCc2cc(C)cc(C)c2)C(C)C(=O)NC(C)C)cc1. The van der Waals surface area contributed by atoms with Crippen LogP contribution in [0.3, 0.4) is 0 Å². The number of rotatable bonds is 9. The van der Waals surface area contributed by atoms with Gasteiger partial charge in [0, 0.05) is 18.3 Å². The normalized spacial score (nSPS) is 12.0. The minimum atomic E-state index is -0.525. The van der Waals surface area contributed by atoms with Gasteiger partial charge in [0.25, 0.3) is 0 Å². The molecule has 5 heteroatoms. The smallest absolute Gasteiger partial charge is 0.242 e. The summed E-state index contributed by atoms with van der Waals surface area (Å²) < 4.78 is 0. The Bertz CT molecular complexity index is 842. The van der Waals surface area contributed by atoms with Gasteiger partial charge in [-0.2, -0.15) is 0 Å². The van der Waals surface area contributed by atoms with Crippen molar-refractivity contribution in [1.82, 2.24) is 10.2 Å². The van der Waals surface area contributed by atoms with Crippen LogP contribution < -0.4 is 5.32 Å². The maximum absolute atomic E-state index is 13.1. The molecule has 4 nitrogen and oxygen atoms in total. The summed E-state index contributed by atoms with van der Waals surface area (Å²) in [7, 11) is 0. The van der Waals surface area contributed by atoms with Crippen LogP contribution in [0.4, 0.5) is 0 Å². The first kappa shape index (κ1) is 24.0. The van der Waals surface area contributed by atoms with E-state index in [0.29, 0.717) is 12.3 Å². The summed E-state index contributed by atoms with van der Waals surface area (Å²) in [6.07, 6.45) is 0. The molecule has 2 amide bonds. The van der Waals surface area contributed by atoms with Crippen molar-refractivity contribution in [3.05, 3.63) is 70.3 Å². The third kappa shape index (κ3) is 7.52. The summed E-state index contributed by atoms with van der Waals surface area (Å²) in [5.41, 5.74) is 5.89. The van der Waals surface area contributed by atoms with Crippen LogP contribution in [-0.2, 0) is 21.9 Å². The molecule has 0 saturated carbocycles. The van der Waals surface area contributed by atoms with Crippen LogP contribution in [0.1, 0.15) is 48.6 Å². The average molecular weight is 427 g/mol. The zero-order valence-corrected chi connectivity index (χ0v) is 19.8. The number of carbonyl (C=O) groups excluding carboxylic acids is 2. The zero-order chi connectivity index (χ0) is 22.3. The Hall–Kier alpha value is -2.27. The molecule has 0 fully saturated rings. The van der Waals surface area contributed by atoms with Gasteiger partial charge >= 0.3 is 0 Å². The lowest BCUT2D eigenvalue weighted by Gasteiger charge is -2.29. The number of nitrogens with zero attached hydrogens (tertiary/aromatic N) is 1. The van der Waals surface area contributed by atoms with Crippen molar-refractivity contribution >= 4 is 23.6 Å². The summed E-state index contributed by atoms with van der Waals surface area (Å²) in [6, 6.07) is 14.1. The van der Waals surface area contributed by atoms with Crippen molar-refractivity contribution < 1.29 is 9.59 Å². The van der Waals surface area contributed by atoms with Crippen LogP contribution in [0.5, 0.6) is 0 Å². The van der Waals surface area contributed by atoms with E-state index < -0.39 is 6.04 Å². The largest absolute Gasteiger partial charge is 0.352 e. The van der Waals surface area contributed by atoms with Crippen molar-refractivity contribution in [2.75, 3.05) is 5.75 Å². The van der Waals surface area contributed by atoms with E-state index >= 15 is 0 Å². The van der Waals surface area contributed by atoms with Crippen molar-refractivity contribution in [1.29, 1.82) is 0 Å². The molecule has 1 atom stereocenters. The topological polar surface area (TPSA) is 49.4 Å². The average Bonchev–Trinajstić information content (AvgIpc) is 2.65. The van der Waals surface area contributed by atoms with Crippen LogP contribution in [0.25, 0.3) is 0 Å². The molecule has 30 heavy (non-hydrogen) atoms. The van der Waals surface area contributed by atoms with Gasteiger partial charge in [-0.15, -0.1) is 11.8 Å². The van der Waals surface area contributed by atoms with E-state index in [2.05, 4.69) is 37.4 Å². The van der Waals surface area contributed by atoms with Crippen molar-refractivity contribution in [3.63, 3.8) is 0 Å². The van der Waals surface area contributed by atoms with Gasteiger partial charge in [-0.3, -0.25) is 9.59 Å². The molecule has 2 aromatic rings. The van der Waals surface area contributed by atoms with Gasteiger partial charge < -0.3 is 10.2 Å². The Morgan fingerprint density at radius 2 is 1.50 bits per heavy atom. The molecule has 2 aromatic carbocycles. The molecule has 0 bridgehead atoms. The fourth-order valence-corrected chi connectivity index (χ4v) is 4.21. The minimum absolute atomic E-state index is 0.0173. The molecule has 1 N–H and O–H groups in total. The quantitative estimate of drug-likeness (QED) is 0.627. The van der Waals surface area contributed by atoms with Gasteiger partial charge in [0.2, 0.25) is 11.8 Å². The Labute approximate surface area is 185 Å². The number of carbonyl (C=O) groups is 2. The van der Waals surface area contributed by atoms with Crippen molar-refractivity contribution in [2.24, 2.45) is 0 Å². The molecule has 0 aliphatic heterocycles. The molecule has 2 rings (SSSR count). The van der Waals surface area contributed by atoms with E-state index in [1.807, 2.05) is 45.0 Å². The first-order valence-corrected chi connectivity index (χ1v) is 11.6. The summed E-state index contributed by atoms with van der Waals surface area (Å²) >= 11 is 1.59. The molecular formula is C25H34N2O2S. The highest BCUT2D eigenvalue weighted by molar-refractivity contribution is 7.99. The number of hydrogen-bond donors (Lipinski definition) is 1. The zero-order valence-electron chi connectivity index (χ0n) is 19.0. The van der Waals surface area contributed by atoms with E-state index in [4.69, 9.17) is 0 Å². The molecule has 0 saturated heterocycles. The minimum Gasteiger partial charge on any atom is -0.352 e. The lowest BCUT2D eigenvalue weighted by atomic mass is 10.1. The highest BCUT2D eigenvalue weighted by Gasteiger charge is 2.26. The lowest BCUT2D eigenvalue weighted by molar-refractivity contribution is -0.138. The van der Waals surface area contributed by atoms with Gasteiger partial charge in [-0.1, -0.05) is 59.2 Å². The van der Waals surface area contributed by atoms with Gasteiger partial charge in [0.1, 0.15) is 6.04 Å². The Kier molecular flexibility index (Phi) is 8.97. The van der Waals surface area contributed by atoms with Gasteiger partial charge in [-0.05, 0) is 52.7 Å². The third-order valence-electron chi connectivity index (χ3n) is 4.85. The fraction of sp³-hybridized carbons (Fsp3) is 0.440. The Balaban J connectivity index is 2.08. The second kappa shape index (κ2) is 11.2. The maximum atomic E-state index is 13.1. The van der Waals surface area contributed by atoms with E-state index in [1.54, 1.807) is 23.6 Å². The maximum Gasteiger partial charge on any atom is 0.242 e. The predicted molar refractivity (Wildman–Crippen MR) is 127 cm³/mol. The van der Waals surface area contributed by atoms with E-state index in [-0.39, 0.29) is 17.9 Å². The fourth-order valence-electron chi connectivity index (χ4n) is 3.37. The number of benzene rings is 2. The second-order valence-corrected chi connectivity index (χ2v) is 9.32. The van der Waals surface area contributed by atoms with Gasteiger partial charge in [0.15, 0.2) is 0 Å². The predicted octanol–water partition coefficient (Wildman–Crippen LogP) is 4.79. The molecule has 1 unspecified atom stereocenters. The Morgan fingerprint density at radius 1 is 0.900 bits per heavy atom. The molecule has 0 aliphatic carbocycles. The lowest BCUT2D eigenvalue weighted by Crippen LogP contribution is -2.49. The monoisotopic (exact) mass is 426 g/mol. The van der Waals surface area contributed by atoms with Crippen molar-refractivity contribution in [2.45, 2.75) is 65.9 Å². The summed E-state index contributed by atoms with van der Waals surface area (Å²) in [4.78, 5) is 27.4. The first-order chi connectivity index (χ1) is 14.2. The van der Waals surface area contributed by atoms with Crippen LogP contribution in [0.2, 0.25) is 0 Å². The molecule has 0 spiro atoms. The standard InChI is InChI=1S/C25H34N2O2S/c1-17(2)26-25(29)21(6)27(14-22-9-7-18(3)8-10-22)24(28)16-30-15-23-12-19(4)11-20(5)13-23/h7-13,17,21H,14-16H2,1-6H3,(H,26,29). The van der Waals surface area contributed by atoms with E-state index in [9.17, 15) is 9.59 Å². The molecular weight excluding hydrogens is 392 g/mol. The summed E-state index contributed by atoms with van der Waals surface area (Å²) in [5.74, 6) is 0.985. The molecule has 0 aromatic heterocycles. The third-order valence-corrected chi connectivity index (χ3v) is 5.84. The second-order valence-electron chi connectivity index (χ2n) is 8.34. The number of aryl methyl sites for hydroxylation is 3. The number of hydrogen-bond acceptors (Lipinski definition) is 3. The van der Waals surface area contributed by atoms with E-state index in [0.717, 1.165) is 11.3 Å². The highest BCUT2D eigenvalue weighted by Crippen LogP contribution is 2.18. The van der Waals surface area contributed by atoms with Crippen LogP contribution >= 0.6 is 11.8 Å². The van der Waals surface area contributed by atoms with Gasteiger partial charge in [-0.25, -0.2) is 0 Å². The number of amides is 2.